The summed E-state index contributed by atoms with van der Waals surface area (Å²) in [5.41, 5.74) is 4.64. The number of hydrogen-bond acceptors (Lipinski definition) is 4. The largest absolute Gasteiger partial charge is 0.350 e. The van der Waals surface area contributed by atoms with Crippen molar-refractivity contribution in [1.82, 2.24) is 10.2 Å². The summed E-state index contributed by atoms with van der Waals surface area (Å²) in [6.45, 7) is 14.9. The Balaban J connectivity index is 2.10. The number of sulfonamides is 1. The van der Waals surface area contributed by atoms with Crippen LogP contribution in [0.4, 0.5) is 5.69 Å². The van der Waals surface area contributed by atoms with Gasteiger partial charge in [0.1, 0.15) is 12.6 Å². The van der Waals surface area contributed by atoms with Crippen molar-refractivity contribution in [2.45, 2.75) is 84.8 Å². The van der Waals surface area contributed by atoms with Crippen LogP contribution in [0.25, 0.3) is 0 Å². The Morgan fingerprint density at radius 2 is 1.51 bits per heavy atom. The first-order valence-corrected chi connectivity index (χ1v) is 15.4. The number of anilines is 1. The molecule has 0 saturated carbocycles. The van der Waals surface area contributed by atoms with Crippen molar-refractivity contribution in [1.29, 1.82) is 0 Å². The number of hydrogen-bond donors (Lipinski definition) is 1. The van der Waals surface area contributed by atoms with Gasteiger partial charge in [-0.15, -0.1) is 0 Å². The van der Waals surface area contributed by atoms with Gasteiger partial charge >= 0.3 is 0 Å². The van der Waals surface area contributed by atoms with Crippen LogP contribution in [-0.2, 0) is 26.2 Å². The van der Waals surface area contributed by atoms with Crippen molar-refractivity contribution < 1.29 is 18.0 Å². The minimum Gasteiger partial charge on any atom is -0.350 e. The number of nitrogens with one attached hydrogen (secondary N) is 1. The molecule has 0 bridgehead atoms. The van der Waals surface area contributed by atoms with E-state index in [0.717, 1.165) is 32.1 Å². The molecule has 0 fully saturated rings. The first-order valence-electron chi connectivity index (χ1n) is 14.0. The number of carbonyl (C=O) groups excluding carboxylic acids is 2. The fourth-order valence-electron chi connectivity index (χ4n) is 4.63. The van der Waals surface area contributed by atoms with E-state index in [9.17, 15) is 18.0 Å². The maximum atomic E-state index is 14.2. The minimum absolute atomic E-state index is 0.0943. The van der Waals surface area contributed by atoms with E-state index in [1.807, 2.05) is 85.7 Å². The normalized spacial score (nSPS) is 12.5. The molecule has 0 heterocycles. The molecule has 3 rings (SSSR count). The molecule has 0 spiro atoms. The van der Waals surface area contributed by atoms with Gasteiger partial charge in [-0.1, -0.05) is 60.5 Å². The van der Waals surface area contributed by atoms with Crippen LogP contribution in [0.3, 0.4) is 0 Å². The summed E-state index contributed by atoms with van der Waals surface area (Å²) in [4.78, 5) is 29.3. The Labute approximate surface area is 245 Å². The van der Waals surface area contributed by atoms with Gasteiger partial charge in [-0.05, 0) is 95.8 Å². The van der Waals surface area contributed by atoms with E-state index in [4.69, 9.17) is 0 Å². The lowest BCUT2D eigenvalue weighted by atomic mass is 10.0. The third kappa shape index (κ3) is 8.19. The Kier molecular flexibility index (Phi) is 10.0. The van der Waals surface area contributed by atoms with Gasteiger partial charge in [0, 0.05) is 12.1 Å². The van der Waals surface area contributed by atoms with Crippen molar-refractivity contribution in [3.63, 3.8) is 0 Å². The smallest absolute Gasteiger partial charge is 0.264 e. The van der Waals surface area contributed by atoms with Crippen LogP contribution < -0.4 is 9.62 Å². The Hall–Kier alpha value is -3.65. The molecule has 8 heteroatoms. The van der Waals surface area contributed by atoms with Gasteiger partial charge in [-0.2, -0.15) is 0 Å². The SMILES string of the molecule is CC[C@@H](C(=O)NC(C)(C)C)N(Cc1cccc(C)c1)C(=O)CN(c1ccc(C)c(C)c1)S(=O)(=O)c1ccc(C)cc1. The molecule has 220 valence electrons. The molecule has 2 amide bonds. The average molecular weight is 578 g/mol. The summed E-state index contributed by atoms with van der Waals surface area (Å²) < 4.78 is 29.2. The van der Waals surface area contributed by atoms with Crippen molar-refractivity contribution in [3.05, 3.63) is 94.5 Å². The Morgan fingerprint density at radius 1 is 0.854 bits per heavy atom. The molecule has 0 unspecified atom stereocenters. The van der Waals surface area contributed by atoms with Gasteiger partial charge in [0.15, 0.2) is 0 Å². The maximum absolute atomic E-state index is 14.2. The summed E-state index contributed by atoms with van der Waals surface area (Å²) in [6.07, 6.45) is 0.369. The fourth-order valence-corrected chi connectivity index (χ4v) is 6.03. The molecule has 0 aromatic heterocycles. The number of aryl methyl sites for hydroxylation is 4. The molecule has 0 aliphatic carbocycles. The second kappa shape index (κ2) is 12.9. The minimum atomic E-state index is -4.10. The molecule has 3 aromatic carbocycles. The molecule has 3 aromatic rings. The molecule has 1 atom stereocenters. The second-order valence-electron chi connectivity index (χ2n) is 11.8. The maximum Gasteiger partial charge on any atom is 0.264 e. The van der Waals surface area contributed by atoms with Crippen LogP contribution in [0.1, 0.15) is 61.9 Å². The Bertz CT molecular complexity index is 1490. The van der Waals surface area contributed by atoms with E-state index in [2.05, 4.69) is 5.32 Å². The van der Waals surface area contributed by atoms with Gasteiger partial charge < -0.3 is 10.2 Å². The topological polar surface area (TPSA) is 86.8 Å². The molecule has 7 nitrogen and oxygen atoms in total. The van der Waals surface area contributed by atoms with E-state index in [1.165, 1.54) is 4.90 Å². The van der Waals surface area contributed by atoms with Crippen LogP contribution in [0, 0.1) is 27.7 Å². The predicted molar refractivity (Wildman–Crippen MR) is 165 cm³/mol. The van der Waals surface area contributed by atoms with E-state index < -0.39 is 34.1 Å². The lowest BCUT2D eigenvalue weighted by Crippen LogP contribution is -2.55. The fraction of sp³-hybridized carbons (Fsp3) is 0.394. The van der Waals surface area contributed by atoms with E-state index >= 15 is 0 Å². The summed E-state index contributed by atoms with van der Waals surface area (Å²) in [7, 11) is -4.10. The van der Waals surface area contributed by atoms with Crippen molar-refractivity contribution in [2.24, 2.45) is 0 Å². The van der Waals surface area contributed by atoms with Crippen molar-refractivity contribution in [3.8, 4) is 0 Å². The lowest BCUT2D eigenvalue weighted by Gasteiger charge is -2.35. The zero-order valence-corrected chi connectivity index (χ0v) is 26.3. The van der Waals surface area contributed by atoms with Gasteiger partial charge in [0.05, 0.1) is 10.6 Å². The standard InChI is InChI=1S/C33H43N3O4S/c1-9-30(32(38)34-33(6,7)8)35(21-27-12-10-11-24(3)19-27)31(37)22-36(28-16-15-25(4)26(5)20-28)41(39,40)29-17-13-23(2)14-18-29/h10-20,30H,9,21-22H2,1-8H3,(H,34,38)/t30-/m0/s1. The number of rotatable bonds is 10. The summed E-state index contributed by atoms with van der Waals surface area (Å²) >= 11 is 0. The zero-order chi connectivity index (χ0) is 30.5. The van der Waals surface area contributed by atoms with E-state index in [0.29, 0.717) is 12.1 Å². The molecular weight excluding hydrogens is 534 g/mol. The molecule has 0 saturated heterocycles. The highest BCUT2D eigenvalue weighted by Gasteiger charge is 2.34. The zero-order valence-electron chi connectivity index (χ0n) is 25.5. The Morgan fingerprint density at radius 3 is 2.07 bits per heavy atom. The highest BCUT2D eigenvalue weighted by Crippen LogP contribution is 2.27. The molecule has 41 heavy (non-hydrogen) atoms. The number of nitrogens with zero attached hydrogens (tertiary/aromatic N) is 2. The highest BCUT2D eigenvalue weighted by molar-refractivity contribution is 7.92. The quantitative estimate of drug-likeness (QED) is 0.328. The predicted octanol–water partition coefficient (Wildman–Crippen LogP) is 5.84. The van der Waals surface area contributed by atoms with Crippen LogP contribution in [-0.4, -0.2) is 43.3 Å². The van der Waals surface area contributed by atoms with Gasteiger partial charge in [-0.3, -0.25) is 13.9 Å². The second-order valence-corrected chi connectivity index (χ2v) is 13.6. The van der Waals surface area contributed by atoms with Gasteiger partial charge in [-0.25, -0.2) is 8.42 Å². The first kappa shape index (κ1) is 31.9. The summed E-state index contributed by atoms with van der Waals surface area (Å²) in [5, 5.41) is 3.00. The van der Waals surface area contributed by atoms with Crippen molar-refractivity contribution >= 4 is 27.5 Å². The lowest BCUT2D eigenvalue weighted by molar-refractivity contribution is -0.141. The molecule has 0 aliphatic heterocycles. The third-order valence-corrected chi connectivity index (χ3v) is 8.77. The van der Waals surface area contributed by atoms with Crippen LogP contribution >= 0.6 is 0 Å². The third-order valence-electron chi connectivity index (χ3n) is 6.99. The van der Waals surface area contributed by atoms with Gasteiger partial charge in [0.2, 0.25) is 11.8 Å². The average Bonchev–Trinajstić information content (AvgIpc) is 2.88. The van der Waals surface area contributed by atoms with Crippen molar-refractivity contribution in [2.75, 3.05) is 10.8 Å². The number of benzene rings is 3. The van der Waals surface area contributed by atoms with Crippen LogP contribution in [0.2, 0.25) is 0 Å². The number of carbonyl (C=O) groups is 2. The van der Waals surface area contributed by atoms with Crippen LogP contribution in [0.5, 0.6) is 0 Å². The van der Waals surface area contributed by atoms with E-state index in [-0.39, 0.29) is 17.3 Å². The molecule has 0 radical (unpaired) electrons. The molecule has 0 aliphatic rings. The first-order chi connectivity index (χ1) is 19.1. The highest BCUT2D eigenvalue weighted by atomic mass is 32.2. The molecule has 1 N–H and O–H groups in total. The molecular formula is C33H43N3O4S. The van der Waals surface area contributed by atoms with Gasteiger partial charge in [0.25, 0.3) is 10.0 Å². The monoisotopic (exact) mass is 577 g/mol. The summed E-state index contributed by atoms with van der Waals surface area (Å²) in [6, 6.07) is 18.9. The van der Waals surface area contributed by atoms with Crippen LogP contribution in [0.15, 0.2) is 71.6 Å². The van der Waals surface area contributed by atoms with E-state index in [1.54, 1.807) is 36.4 Å². The number of amides is 2. The summed E-state index contributed by atoms with van der Waals surface area (Å²) in [5.74, 6) is -0.739.